The van der Waals surface area contributed by atoms with E-state index < -0.39 is 0 Å². The molecule has 1 N–H and O–H groups in total. The highest BCUT2D eigenvalue weighted by Crippen LogP contribution is 2.26. The highest BCUT2D eigenvalue weighted by molar-refractivity contribution is 6.31. The van der Waals surface area contributed by atoms with Gasteiger partial charge in [0.15, 0.2) is 5.82 Å². The van der Waals surface area contributed by atoms with Crippen molar-refractivity contribution in [3.05, 3.63) is 117 Å². The number of halogens is 1. The first-order valence-corrected chi connectivity index (χ1v) is 10.9. The number of fused-ring (bicyclic) bond motifs is 1. The first-order valence-electron chi connectivity index (χ1n) is 10.5. The second-order valence-electron chi connectivity index (χ2n) is 8.04. The fraction of sp³-hybridized carbons (Fsp3) is 0.154. The molecule has 0 amide bonds. The fourth-order valence-corrected chi connectivity index (χ4v) is 4.23. The second-order valence-corrected chi connectivity index (χ2v) is 8.45. The van der Waals surface area contributed by atoms with E-state index in [2.05, 4.69) is 15.6 Å². The number of imidazole rings is 1. The number of benzene rings is 2. The Balaban J connectivity index is 1.67. The van der Waals surface area contributed by atoms with Crippen LogP contribution in [0.2, 0.25) is 5.02 Å². The Bertz CT molecular complexity index is 1430. The van der Waals surface area contributed by atoms with Gasteiger partial charge < -0.3 is 9.55 Å². The molecule has 0 bridgehead atoms. The van der Waals surface area contributed by atoms with Crippen LogP contribution >= 0.6 is 11.6 Å². The minimum Gasteiger partial charge on any atom is -0.354 e. The molecule has 0 saturated carbocycles. The third-order valence-corrected chi connectivity index (χ3v) is 6.35. The number of hydrogen-bond acceptors (Lipinski definition) is 2. The molecule has 0 unspecified atom stereocenters. The maximum atomic E-state index is 13.4. The smallest absolute Gasteiger partial charge is 0.278 e. The number of rotatable bonds is 5. The van der Waals surface area contributed by atoms with Gasteiger partial charge in [0.1, 0.15) is 5.69 Å². The average molecular weight is 443 g/mol. The summed E-state index contributed by atoms with van der Waals surface area (Å²) < 4.78 is 3.76. The summed E-state index contributed by atoms with van der Waals surface area (Å²) in [5, 5.41) is 0.692. The van der Waals surface area contributed by atoms with Gasteiger partial charge in [-0.25, -0.2) is 4.98 Å². The summed E-state index contributed by atoms with van der Waals surface area (Å²) in [4.78, 5) is 21.7. The van der Waals surface area contributed by atoms with Gasteiger partial charge in [-0.3, -0.25) is 9.36 Å². The Kier molecular flexibility index (Phi) is 5.19. The average Bonchev–Trinajstić information content (AvgIpc) is 3.30. The highest BCUT2D eigenvalue weighted by atomic mass is 35.5. The topological polar surface area (TPSA) is 55.6 Å². The molecule has 5 rings (SSSR count). The van der Waals surface area contributed by atoms with Crippen LogP contribution in [0.4, 0.5) is 0 Å². The van der Waals surface area contributed by atoms with Crippen molar-refractivity contribution in [3.8, 4) is 17.1 Å². The van der Waals surface area contributed by atoms with Crippen molar-refractivity contribution in [1.29, 1.82) is 0 Å². The maximum Gasteiger partial charge on any atom is 0.278 e. The zero-order valence-electron chi connectivity index (χ0n) is 18.0. The van der Waals surface area contributed by atoms with Crippen LogP contribution in [0.3, 0.4) is 0 Å². The maximum absolute atomic E-state index is 13.4. The predicted octanol–water partition coefficient (Wildman–Crippen LogP) is 5.15. The SMILES string of the molecule is Cc1ccc(Cc2nc3c(Cc4ccccc4Cl)[nH]c(-c4ccccc4)cn-3c2=O)n1C. The number of hydrogen-bond donors (Lipinski definition) is 1. The molecule has 3 heterocycles. The van der Waals surface area contributed by atoms with E-state index >= 15 is 0 Å². The minimum atomic E-state index is -0.0922. The van der Waals surface area contributed by atoms with E-state index in [1.54, 1.807) is 4.57 Å². The summed E-state index contributed by atoms with van der Waals surface area (Å²) in [7, 11) is 2.01. The quantitative estimate of drug-likeness (QED) is 0.409. The van der Waals surface area contributed by atoms with Gasteiger partial charge in [0, 0.05) is 42.5 Å². The van der Waals surface area contributed by atoms with Gasteiger partial charge in [-0.1, -0.05) is 60.1 Å². The van der Waals surface area contributed by atoms with E-state index in [1.807, 2.05) is 80.8 Å². The second kappa shape index (κ2) is 8.17. The number of nitrogens with zero attached hydrogens (tertiary/aromatic N) is 3. The molecule has 2 aliphatic rings. The molecule has 0 spiro atoms. The molecular formula is C26H23ClN4O. The molecule has 0 fully saturated rings. The molecule has 32 heavy (non-hydrogen) atoms. The molecule has 2 aliphatic heterocycles. The normalized spacial score (nSPS) is 11.3. The Morgan fingerprint density at radius 1 is 0.969 bits per heavy atom. The molecule has 0 radical (unpaired) electrons. The molecule has 0 saturated heterocycles. The van der Waals surface area contributed by atoms with Crippen LogP contribution in [-0.2, 0) is 19.9 Å². The van der Waals surface area contributed by atoms with Crippen LogP contribution in [0.5, 0.6) is 0 Å². The number of H-pyrrole nitrogens is 1. The first kappa shape index (κ1) is 20.3. The van der Waals surface area contributed by atoms with Crippen LogP contribution in [0.15, 0.2) is 77.7 Å². The lowest BCUT2D eigenvalue weighted by Crippen LogP contribution is -2.18. The number of aromatic amines is 1. The third kappa shape index (κ3) is 3.65. The Hall–Kier alpha value is -3.57. The monoisotopic (exact) mass is 442 g/mol. The van der Waals surface area contributed by atoms with E-state index in [9.17, 15) is 4.79 Å². The summed E-state index contributed by atoms with van der Waals surface area (Å²) >= 11 is 6.44. The molecule has 160 valence electrons. The van der Waals surface area contributed by atoms with Crippen molar-refractivity contribution in [1.82, 2.24) is 19.1 Å². The van der Waals surface area contributed by atoms with Gasteiger partial charge in [0.25, 0.3) is 5.56 Å². The van der Waals surface area contributed by atoms with Gasteiger partial charge in [0.05, 0.1) is 11.4 Å². The lowest BCUT2D eigenvalue weighted by molar-refractivity contribution is 0.811. The summed E-state index contributed by atoms with van der Waals surface area (Å²) in [5.41, 5.74) is 6.34. The third-order valence-electron chi connectivity index (χ3n) is 5.98. The number of nitrogens with one attached hydrogen (secondary N) is 1. The van der Waals surface area contributed by atoms with E-state index in [1.165, 1.54) is 0 Å². The van der Waals surface area contributed by atoms with Gasteiger partial charge >= 0.3 is 0 Å². The van der Waals surface area contributed by atoms with Crippen molar-refractivity contribution < 1.29 is 0 Å². The molecule has 5 nitrogen and oxygen atoms in total. The largest absolute Gasteiger partial charge is 0.354 e. The Morgan fingerprint density at radius 2 is 1.72 bits per heavy atom. The molecule has 1 aromatic heterocycles. The molecule has 0 aliphatic carbocycles. The summed E-state index contributed by atoms with van der Waals surface area (Å²) in [6.45, 7) is 2.05. The zero-order chi connectivity index (χ0) is 22.2. The number of aryl methyl sites for hydroxylation is 1. The summed E-state index contributed by atoms with van der Waals surface area (Å²) in [5.74, 6) is 0.635. The van der Waals surface area contributed by atoms with Gasteiger partial charge in [0.2, 0.25) is 0 Å². The molecule has 0 atom stereocenters. The molecule has 6 heteroatoms. The van der Waals surface area contributed by atoms with Crippen LogP contribution in [-0.4, -0.2) is 19.1 Å². The first-order chi connectivity index (χ1) is 15.5. The van der Waals surface area contributed by atoms with Crippen LogP contribution < -0.4 is 5.56 Å². The van der Waals surface area contributed by atoms with Crippen LogP contribution in [0.1, 0.15) is 28.3 Å². The number of aromatic nitrogens is 4. The fourth-order valence-electron chi connectivity index (χ4n) is 4.03. The van der Waals surface area contributed by atoms with Crippen molar-refractivity contribution in [3.63, 3.8) is 0 Å². The van der Waals surface area contributed by atoms with Crippen LogP contribution in [0.25, 0.3) is 17.1 Å². The van der Waals surface area contributed by atoms with Crippen LogP contribution in [0, 0.1) is 6.92 Å². The molecule has 2 aromatic carbocycles. The summed E-state index contributed by atoms with van der Waals surface area (Å²) in [6.07, 6.45) is 2.87. The predicted molar refractivity (Wildman–Crippen MR) is 128 cm³/mol. The highest BCUT2D eigenvalue weighted by Gasteiger charge is 2.21. The summed E-state index contributed by atoms with van der Waals surface area (Å²) in [6, 6.07) is 21.8. The van der Waals surface area contributed by atoms with Crippen molar-refractivity contribution >= 4 is 11.6 Å². The zero-order valence-corrected chi connectivity index (χ0v) is 18.7. The molecular weight excluding hydrogens is 420 g/mol. The van der Waals surface area contributed by atoms with E-state index in [0.29, 0.717) is 29.4 Å². The van der Waals surface area contributed by atoms with Gasteiger partial charge in [-0.2, -0.15) is 0 Å². The van der Waals surface area contributed by atoms with E-state index in [4.69, 9.17) is 16.6 Å². The molecule has 3 aromatic rings. The van der Waals surface area contributed by atoms with Gasteiger partial charge in [-0.05, 0) is 36.2 Å². The lowest BCUT2D eigenvalue weighted by Gasteiger charge is -2.14. The van der Waals surface area contributed by atoms with E-state index in [0.717, 1.165) is 33.9 Å². The van der Waals surface area contributed by atoms with Crippen molar-refractivity contribution in [2.45, 2.75) is 19.8 Å². The lowest BCUT2D eigenvalue weighted by atomic mass is 10.1. The Labute approximate surface area is 191 Å². The van der Waals surface area contributed by atoms with Gasteiger partial charge in [-0.15, -0.1) is 0 Å². The standard InChI is InChI=1S/C26H23ClN4O/c1-17-12-13-20(30(17)2)15-23-26(32)31-16-24(18-8-4-3-5-9-18)28-22(25(31)29-23)14-19-10-6-7-11-21(19)27/h3-13,16,28H,14-15H2,1-2H3. The van der Waals surface area contributed by atoms with E-state index in [-0.39, 0.29) is 5.56 Å². The minimum absolute atomic E-state index is 0.0922. The van der Waals surface area contributed by atoms with Crippen molar-refractivity contribution in [2.75, 3.05) is 0 Å². The Morgan fingerprint density at radius 3 is 2.44 bits per heavy atom. The van der Waals surface area contributed by atoms with Crippen molar-refractivity contribution in [2.24, 2.45) is 7.05 Å².